The fraction of sp³-hybridized carbons (Fsp3) is 0. The summed E-state index contributed by atoms with van der Waals surface area (Å²) in [6.07, 6.45) is 0. The average Bonchev–Trinajstić information content (AvgIpc) is 3.68. The minimum absolute atomic E-state index is 0.856. The van der Waals surface area contributed by atoms with Gasteiger partial charge in [-0.15, -0.1) is 45.3 Å². The molecule has 4 aromatic heterocycles. The highest BCUT2D eigenvalue weighted by atomic mass is 32.1. The van der Waals surface area contributed by atoms with Crippen LogP contribution in [0, 0.1) is 47.4 Å². The van der Waals surface area contributed by atoms with Gasteiger partial charge in [-0.1, -0.05) is 71.6 Å². The molecule has 1 aromatic carbocycles. The summed E-state index contributed by atoms with van der Waals surface area (Å²) in [7, 11) is 0. The molecule has 0 aliphatic carbocycles. The Labute approximate surface area is 215 Å². The lowest BCUT2D eigenvalue weighted by Crippen LogP contribution is -1.92. The second kappa shape index (κ2) is 10.9. The smallest absolute Gasteiger partial charge is 0.0772 e. The summed E-state index contributed by atoms with van der Waals surface area (Å²) in [5.41, 5.74) is 3.42. The average molecular weight is 503 g/mol. The van der Waals surface area contributed by atoms with Crippen LogP contribution in [0.5, 0.6) is 0 Å². The molecule has 0 N–H and O–H groups in total. The van der Waals surface area contributed by atoms with Crippen molar-refractivity contribution in [3.05, 3.63) is 124 Å². The Morgan fingerprint density at radius 2 is 0.618 bits per heavy atom. The predicted molar refractivity (Wildman–Crippen MR) is 148 cm³/mol. The molecule has 34 heavy (non-hydrogen) atoms. The lowest BCUT2D eigenvalue weighted by molar-refractivity contribution is 1.51. The topological polar surface area (TPSA) is 0 Å². The molecule has 0 nitrogen and oxygen atoms in total. The van der Waals surface area contributed by atoms with Gasteiger partial charge in [-0.05, 0) is 57.9 Å². The molecule has 0 bridgehead atoms. The molecular weight excluding hydrogens is 489 g/mol. The Morgan fingerprint density at radius 1 is 0.353 bits per heavy atom. The molecule has 0 radical (unpaired) electrons. The van der Waals surface area contributed by atoms with Crippen molar-refractivity contribution in [3.8, 4) is 47.4 Å². The van der Waals surface area contributed by atoms with Gasteiger partial charge >= 0.3 is 0 Å². The molecule has 158 valence electrons. The third-order valence-electron chi connectivity index (χ3n) is 4.52. The van der Waals surface area contributed by atoms with Crippen molar-refractivity contribution in [1.82, 2.24) is 0 Å². The second-order valence-corrected chi connectivity index (χ2v) is 10.6. The summed E-state index contributed by atoms with van der Waals surface area (Å²) in [4.78, 5) is 4.07. The Hall–Kier alpha value is -3.74. The molecule has 5 aromatic rings. The third kappa shape index (κ3) is 5.78. The fourth-order valence-electron chi connectivity index (χ4n) is 2.93. The molecule has 0 aliphatic rings. The van der Waals surface area contributed by atoms with Crippen LogP contribution in [0.25, 0.3) is 0 Å². The van der Waals surface area contributed by atoms with E-state index in [9.17, 15) is 0 Å². The molecule has 0 unspecified atom stereocenters. The van der Waals surface area contributed by atoms with Gasteiger partial charge in [0.1, 0.15) is 0 Å². The zero-order valence-electron chi connectivity index (χ0n) is 17.7. The highest BCUT2D eigenvalue weighted by molar-refractivity contribution is 7.11. The quantitative estimate of drug-likeness (QED) is 0.192. The molecule has 0 saturated carbocycles. The fourth-order valence-corrected chi connectivity index (χ4v) is 5.21. The van der Waals surface area contributed by atoms with Crippen molar-refractivity contribution in [1.29, 1.82) is 0 Å². The van der Waals surface area contributed by atoms with Crippen molar-refractivity contribution in [2.24, 2.45) is 0 Å². The van der Waals surface area contributed by atoms with Gasteiger partial charge in [-0.25, -0.2) is 0 Å². The molecule has 0 atom stereocenters. The van der Waals surface area contributed by atoms with E-state index in [2.05, 4.69) is 47.4 Å². The highest BCUT2D eigenvalue weighted by Gasteiger charge is 2.06. The Bertz CT molecular complexity index is 1380. The molecule has 0 saturated heterocycles. The van der Waals surface area contributed by atoms with Gasteiger partial charge < -0.3 is 0 Å². The van der Waals surface area contributed by atoms with Crippen molar-refractivity contribution < 1.29 is 0 Å². The predicted octanol–water partition coefficient (Wildman–Crippen LogP) is 7.53. The maximum atomic E-state index is 3.33. The monoisotopic (exact) mass is 502 g/mol. The van der Waals surface area contributed by atoms with Crippen molar-refractivity contribution in [2.75, 3.05) is 0 Å². The summed E-state index contributed by atoms with van der Waals surface area (Å²) in [6, 6.07) is 20.2. The molecule has 0 amide bonds. The first kappa shape index (κ1) is 22.1. The minimum atomic E-state index is 0.856. The molecule has 4 heterocycles. The van der Waals surface area contributed by atoms with Crippen molar-refractivity contribution >= 4 is 45.3 Å². The van der Waals surface area contributed by atoms with Crippen molar-refractivity contribution in [3.63, 3.8) is 0 Å². The first-order valence-corrected chi connectivity index (χ1v) is 13.8. The van der Waals surface area contributed by atoms with Gasteiger partial charge in [-0.3, -0.25) is 0 Å². The number of hydrogen-bond donors (Lipinski definition) is 0. The van der Waals surface area contributed by atoms with Crippen LogP contribution in [-0.2, 0) is 0 Å². The van der Waals surface area contributed by atoms with Crippen LogP contribution >= 0.6 is 45.3 Å². The lowest BCUT2D eigenvalue weighted by Gasteiger charge is -2.03. The standard InChI is InChI=1S/C30H14S4/c1-5-27(31-17-1)13-9-23-21-25(11-15-29-7-3-19-33-29)26(12-16-30-8-4-20-34-30)22-24(23)10-14-28-6-2-18-32-28/h1-8,17-22H. The van der Waals surface area contributed by atoms with Crippen LogP contribution in [0.4, 0.5) is 0 Å². The third-order valence-corrected chi connectivity index (χ3v) is 7.67. The van der Waals surface area contributed by atoms with E-state index in [4.69, 9.17) is 0 Å². The number of benzene rings is 1. The SMILES string of the molecule is C(#Cc1cc(C#Cc2cccs2)c(C#Cc2cccs2)cc1C#Cc1cccs1)c1cccs1. The zero-order chi connectivity index (χ0) is 23.0. The van der Waals surface area contributed by atoms with Crippen LogP contribution in [-0.4, -0.2) is 0 Å². The largest absolute Gasteiger partial charge is 0.135 e. The Balaban J connectivity index is 1.65. The Morgan fingerprint density at radius 3 is 0.824 bits per heavy atom. The Kier molecular flexibility index (Phi) is 7.09. The van der Waals surface area contributed by atoms with Gasteiger partial charge in [0.05, 0.1) is 19.5 Å². The van der Waals surface area contributed by atoms with Gasteiger partial charge in [0.25, 0.3) is 0 Å². The van der Waals surface area contributed by atoms with Gasteiger partial charge in [0, 0.05) is 22.3 Å². The number of hydrogen-bond acceptors (Lipinski definition) is 4. The van der Waals surface area contributed by atoms with Crippen molar-refractivity contribution in [2.45, 2.75) is 0 Å². The van der Waals surface area contributed by atoms with E-state index in [1.807, 2.05) is 82.2 Å². The zero-order valence-corrected chi connectivity index (χ0v) is 21.0. The molecular formula is C30H14S4. The number of thiophene rings is 4. The van der Waals surface area contributed by atoms with Crippen LogP contribution < -0.4 is 0 Å². The summed E-state index contributed by atoms with van der Waals surface area (Å²) in [5, 5.41) is 8.12. The van der Waals surface area contributed by atoms with Crippen LogP contribution in [0.2, 0.25) is 0 Å². The molecule has 5 rings (SSSR count). The number of rotatable bonds is 0. The highest BCUT2D eigenvalue weighted by Crippen LogP contribution is 2.18. The lowest BCUT2D eigenvalue weighted by atomic mass is 9.98. The maximum Gasteiger partial charge on any atom is 0.0772 e. The summed E-state index contributed by atoms with van der Waals surface area (Å²) >= 11 is 6.50. The molecule has 4 heteroatoms. The van der Waals surface area contributed by atoms with Crippen LogP contribution in [0.3, 0.4) is 0 Å². The van der Waals surface area contributed by atoms with E-state index in [0.717, 1.165) is 41.8 Å². The molecule has 0 fully saturated rings. The summed E-state index contributed by atoms with van der Waals surface area (Å²) in [6.45, 7) is 0. The summed E-state index contributed by atoms with van der Waals surface area (Å²) < 4.78 is 0. The van der Waals surface area contributed by atoms with E-state index < -0.39 is 0 Å². The first-order valence-electron chi connectivity index (χ1n) is 10.2. The molecule has 0 spiro atoms. The van der Waals surface area contributed by atoms with Crippen LogP contribution in [0.1, 0.15) is 41.8 Å². The maximum absolute atomic E-state index is 3.33. The van der Waals surface area contributed by atoms with Crippen LogP contribution in [0.15, 0.2) is 82.2 Å². The van der Waals surface area contributed by atoms with E-state index in [0.29, 0.717) is 0 Å². The van der Waals surface area contributed by atoms with E-state index in [1.165, 1.54) is 0 Å². The van der Waals surface area contributed by atoms with Gasteiger partial charge in [0.2, 0.25) is 0 Å². The molecule has 0 aliphatic heterocycles. The normalized spacial score (nSPS) is 9.41. The van der Waals surface area contributed by atoms with E-state index in [1.54, 1.807) is 45.3 Å². The first-order chi connectivity index (χ1) is 16.8. The van der Waals surface area contributed by atoms with Gasteiger partial charge in [-0.2, -0.15) is 0 Å². The van der Waals surface area contributed by atoms with E-state index in [-0.39, 0.29) is 0 Å². The summed E-state index contributed by atoms with van der Waals surface area (Å²) in [5.74, 6) is 26.4. The van der Waals surface area contributed by atoms with E-state index >= 15 is 0 Å². The minimum Gasteiger partial charge on any atom is -0.135 e. The second-order valence-electron chi connectivity index (χ2n) is 6.85. The van der Waals surface area contributed by atoms with Gasteiger partial charge in [0.15, 0.2) is 0 Å².